The molecule has 0 fully saturated rings. The quantitative estimate of drug-likeness (QED) is 0.669. The van der Waals surface area contributed by atoms with Gasteiger partial charge in [0, 0.05) is 17.5 Å². The first-order valence-electron chi connectivity index (χ1n) is 7.65. The Balaban J connectivity index is 2.22. The molecule has 0 saturated heterocycles. The number of aromatic nitrogens is 3. The van der Waals surface area contributed by atoms with E-state index >= 15 is 0 Å². The van der Waals surface area contributed by atoms with Crippen LogP contribution in [0.4, 0.5) is 0 Å². The van der Waals surface area contributed by atoms with E-state index in [4.69, 9.17) is 16.6 Å². The lowest BCUT2D eigenvalue weighted by Gasteiger charge is -2.12. The Kier molecular flexibility index (Phi) is 3.92. The molecule has 114 valence electrons. The van der Waals surface area contributed by atoms with Gasteiger partial charge in [0.05, 0.1) is 16.7 Å². The van der Waals surface area contributed by atoms with Crippen LogP contribution in [0.2, 0.25) is 5.15 Å². The van der Waals surface area contributed by atoms with Gasteiger partial charge in [-0.1, -0.05) is 32.4 Å². The number of nitrogens with one attached hydrogen (secondary N) is 1. The summed E-state index contributed by atoms with van der Waals surface area (Å²) in [4.78, 5) is 12.7. The highest BCUT2D eigenvalue weighted by Gasteiger charge is 2.15. The van der Waals surface area contributed by atoms with Gasteiger partial charge in [-0.25, -0.2) is 9.97 Å². The molecule has 0 saturated carbocycles. The van der Waals surface area contributed by atoms with Crippen LogP contribution in [0.5, 0.6) is 0 Å². The van der Waals surface area contributed by atoms with Gasteiger partial charge >= 0.3 is 0 Å². The lowest BCUT2D eigenvalue weighted by atomic mass is 10.0. The maximum atomic E-state index is 6.44. The van der Waals surface area contributed by atoms with Gasteiger partial charge < -0.3 is 4.98 Å². The molecule has 3 heterocycles. The zero-order valence-electron chi connectivity index (χ0n) is 13.4. The first kappa shape index (κ1) is 15.0. The Morgan fingerprint density at radius 3 is 2.64 bits per heavy atom. The minimum absolute atomic E-state index is 0.361. The number of aromatic amines is 1. The minimum Gasteiger partial charge on any atom is -0.360 e. The van der Waals surface area contributed by atoms with E-state index in [1.165, 1.54) is 5.56 Å². The number of hydrogen-bond donors (Lipinski definition) is 1. The van der Waals surface area contributed by atoms with E-state index < -0.39 is 0 Å². The zero-order chi connectivity index (χ0) is 15.9. The van der Waals surface area contributed by atoms with Crippen molar-refractivity contribution in [2.24, 2.45) is 0 Å². The summed E-state index contributed by atoms with van der Waals surface area (Å²) >= 11 is 6.44. The number of H-pyrrole nitrogens is 1. The van der Waals surface area contributed by atoms with Crippen LogP contribution in [0.3, 0.4) is 0 Å². The third-order valence-corrected chi connectivity index (χ3v) is 4.31. The highest BCUT2D eigenvalue weighted by Crippen LogP contribution is 2.32. The normalized spacial score (nSPS) is 11.5. The fourth-order valence-corrected chi connectivity index (χ4v) is 2.92. The van der Waals surface area contributed by atoms with E-state index in [2.05, 4.69) is 43.7 Å². The molecule has 3 aromatic rings. The van der Waals surface area contributed by atoms with Crippen molar-refractivity contribution < 1.29 is 0 Å². The summed E-state index contributed by atoms with van der Waals surface area (Å²) < 4.78 is 0. The summed E-state index contributed by atoms with van der Waals surface area (Å²) in [6.45, 7) is 8.42. The molecule has 1 N–H and O–H groups in total. The molecule has 0 atom stereocenters. The third kappa shape index (κ3) is 2.50. The van der Waals surface area contributed by atoms with Crippen molar-refractivity contribution in [3.05, 3.63) is 46.4 Å². The van der Waals surface area contributed by atoms with Gasteiger partial charge in [0.1, 0.15) is 5.15 Å². The first-order chi connectivity index (χ1) is 10.5. The SMILES string of the molecule is CCc1cc2[nH]cc(C)c2nc1-c1ccc(C(C)C)nc1Cl. The summed E-state index contributed by atoms with van der Waals surface area (Å²) in [6, 6.07) is 6.25. The second-order valence-electron chi connectivity index (χ2n) is 5.95. The summed E-state index contributed by atoms with van der Waals surface area (Å²) in [6.07, 6.45) is 2.89. The molecule has 3 aromatic heterocycles. The van der Waals surface area contributed by atoms with Gasteiger partial charge in [-0.15, -0.1) is 0 Å². The van der Waals surface area contributed by atoms with Gasteiger partial charge in [0.15, 0.2) is 0 Å². The largest absolute Gasteiger partial charge is 0.360 e. The Morgan fingerprint density at radius 2 is 2.00 bits per heavy atom. The van der Waals surface area contributed by atoms with E-state index in [9.17, 15) is 0 Å². The molecule has 0 aromatic carbocycles. The van der Waals surface area contributed by atoms with E-state index in [1.807, 2.05) is 18.3 Å². The summed E-state index contributed by atoms with van der Waals surface area (Å²) in [5.74, 6) is 0.361. The predicted octanol–water partition coefficient (Wildman–Crippen LogP) is 5.27. The minimum atomic E-state index is 0.361. The van der Waals surface area contributed by atoms with Crippen LogP contribution in [-0.4, -0.2) is 15.0 Å². The van der Waals surface area contributed by atoms with Crippen molar-refractivity contribution in [1.82, 2.24) is 15.0 Å². The topological polar surface area (TPSA) is 41.6 Å². The smallest absolute Gasteiger partial charge is 0.138 e. The van der Waals surface area contributed by atoms with E-state index in [0.29, 0.717) is 11.1 Å². The number of aryl methyl sites for hydroxylation is 2. The fraction of sp³-hybridized carbons (Fsp3) is 0.333. The molecule has 0 amide bonds. The number of halogens is 1. The number of rotatable bonds is 3. The lowest BCUT2D eigenvalue weighted by Crippen LogP contribution is -1.98. The second kappa shape index (κ2) is 5.73. The van der Waals surface area contributed by atoms with Crippen LogP contribution in [0.1, 0.15) is 43.5 Å². The fourth-order valence-electron chi connectivity index (χ4n) is 2.67. The maximum absolute atomic E-state index is 6.44. The Labute approximate surface area is 135 Å². The molecule has 0 unspecified atom stereocenters. The Bertz CT molecular complexity index is 834. The van der Waals surface area contributed by atoms with Crippen molar-refractivity contribution >= 4 is 22.6 Å². The second-order valence-corrected chi connectivity index (χ2v) is 6.30. The highest BCUT2D eigenvalue weighted by atomic mass is 35.5. The lowest BCUT2D eigenvalue weighted by molar-refractivity contribution is 0.823. The van der Waals surface area contributed by atoms with Crippen LogP contribution in [0, 0.1) is 6.92 Å². The first-order valence-corrected chi connectivity index (χ1v) is 8.03. The average molecular weight is 314 g/mol. The van der Waals surface area contributed by atoms with Gasteiger partial charge in [-0.05, 0) is 48.6 Å². The van der Waals surface area contributed by atoms with Crippen LogP contribution >= 0.6 is 11.6 Å². The molecule has 0 aliphatic carbocycles. The molecule has 0 aliphatic rings. The van der Waals surface area contributed by atoms with Crippen molar-refractivity contribution in [3.8, 4) is 11.3 Å². The van der Waals surface area contributed by atoms with E-state index in [1.54, 1.807) is 0 Å². The van der Waals surface area contributed by atoms with Gasteiger partial charge in [0.2, 0.25) is 0 Å². The molecule has 0 bridgehead atoms. The Morgan fingerprint density at radius 1 is 1.23 bits per heavy atom. The standard InChI is InChI=1S/C18H20ClN3/c1-5-12-8-15-16(11(4)9-20-15)22-17(12)13-6-7-14(10(2)3)21-18(13)19/h6-10,20H,5H2,1-4H3. The van der Waals surface area contributed by atoms with E-state index in [-0.39, 0.29) is 0 Å². The maximum Gasteiger partial charge on any atom is 0.138 e. The van der Waals surface area contributed by atoms with Crippen molar-refractivity contribution in [2.45, 2.75) is 40.0 Å². The van der Waals surface area contributed by atoms with Gasteiger partial charge in [0.25, 0.3) is 0 Å². The number of nitrogens with zero attached hydrogens (tertiary/aromatic N) is 2. The van der Waals surface area contributed by atoms with E-state index in [0.717, 1.165) is 40.0 Å². The van der Waals surface area contributed by atoms with Crippen molar-refractivity contribution in [2.75, 3.05) is 0 Å². The molecular weight excluding hydrogens is 294 g/mol. The molecule has 3 rings (SSSR count). The van der Waals surface area contributed by atoms with Crippen molar-refractivity contribution in [1.29, 1.82) is 0 Å². The third-order valence-electron chi connectivity index (χ3n) is 4.02. The molecule has 22 heavy (non-hydrogen) atoms. The molecule has 3 nitrogen and oxygen atoms in total. The number of fused-ring (bicyclic) bond motifs is 1. The average Bonchev–Trinajstić information content (AvgIpc) is 2.86. The highest BCUT2D eigenvalue weighted by molar-refractivity contribution is 6.32. The van der Waals surface area contributed by atoms with Crippen LogP contribution in [-0.2, 0) is 6.42 Å². The number of pyridine rings is 2. The van der Waals surface area contributed by atoms with Crippen molar-refractivity contribution in [3.63, 3.8) is 0 Å². The van der Waals surface area contributed by atoms with Gasteiger partial charge in [-0.3, -0.25) is 0 Å². The molecule has 0 spiro atoms. The predicted molar refractivity (Wildman–Crippen MR) is 92.5 cm³/mol. The molecular formula is C18H20ClN3. The Hall–Kier alpha value is -1.87. The summed E-state index contributed by atoms with van der Waals surface area (Å²) in [5.41, 5.74) is 7.23. The summed E-state index contributed by atoms with van der Waals surface area (Å²) in [7, 11) is 0. The van der Waals surface area contributed by atoms with Crippen LogP contribution in [0.25, 0.3) is 22.3 Å². The molecule has 0 radical (unpaired) electrons. The van der Waals surface area contributed by atoms with Gasteiger partial charge in [-0.2, -0.15) is 0 Å². The molecule has 4 heteroatoms. The van der Waals surface area contributed by atoms with Crippen LogP contribution in [0.15, 0.2) is 24.4 Å². The zero-order valence-corrected chi connectivity index (χ0v) is 14.1. The molecule has 0 aliphatic heterocycles. The van der Waals surface area contributed by atoms with Crippen LogP contribution < -0.4 is 0 Å². The monoisotopic (exact) mass is 313 g/mol. The summed E-state index contributed by atoms with van der Waals surface area (Å²) in [5, 5.41) is 0.529. The number of hydrogen-bond acceptors (Lipinski definition) is 2.